The van der Waals surface area contributed by atoms with Gasteiger partial charge in [0.2, 0.25) is 0 Å². The largest absolute Gasteiger partial charge is 0.409 e. The summed E-state index contributed by atoms with van der Waals surface area (Å²) in [5.41, 5.74) is 5.72. The van der Waals surface area contributed by atoms with Crippen LogP contribution in [0.5, 0.6) is 0 Å². The van der Waals surface area contributed by atoms with Gasteiger partial charge in [-0.15, -0.1) is 0 Å². The van der Waals surface area contributed by atoms with E-state index in [0.29, 0.717) is 18.1 Å². The Kier molecular flexibility index (Phi) is 3.38. The highest BCUT2D eigenvalue weighted by molar-refractivity contribution is 5.94. The van der Waals surface area contributed by atoms with Crippen LogP contribution in [0.3, 0.4) is 0 Å². The van der Waals surface area contributed by atoms with E-state index in [9.17, 15) is 5.11 Å². The molecule has 7 heteroatoms. The Hall–Kier alpha value is -1.89. The topological polar surface area (TPSA) is 108 Å². The molecule has 0 bridgehead atoms. The first-order valence-corrected chi connectivity index (χ1v) is 5.43. The maximum atomic E-state index is 9.56. The molecule has 0 saturated carbocycles. The van der Waals surface area contributed by atoms with Gasteiger partial charge in [-0.3, -0.25) is 0 Å². The summed E-state index contributed by atoms with van der Waals surface area (Å²) in [6.45, 7) is 1.42. The van der Waals surface area contributed by atoms with E-state index in [-0.39, 0.29) is 11.9 Å². The van der Waals surface area contributed by atoms with Gasteiger partial charge < -0.3 is 20.9 Å². The minimum Gasteiger partial charge on any atom is -0.409 e. The quantitative estimate of drug-likeness (QED) is 0.278. The normalized spacial score (nSPS) is 21.6. The van der Waals surface area contributed by atoms with Crippen LogP contribution in [-0.4, -0.2) is 45.3 Å². The highest BCUT2D eigenvalue weighted by Crippen LogP contribution is 2.16. The molecule has 0 aromatic carbocycles. The minimum atomic E-state index is -0.311. The molecule has 17 heavy (non-hydrogen) atoms. The fourth-order valence-electron chi connectivity index (χ4n) is 1.83. The van der Waals surface area contributed by atoms with Gasteiger partial charge >= 0.3 is 0 Å². The van der Waals surface area contributed by atoms with Gasteiger partial charge in [0.15, 0.2) is 5.84 Å². The Morgan fingerprint density at radius 2 is 2.29 bits per heavy atom. The number of β-amino-alcohol motifs (C(OH)–C–C–N with tert-alkyl or cyclic N) is 1. The monoisotopic (exact) mass is 237 g/mol. The van der Waals surface area contributed by atoms with Crippen molar-refractivity contribution < 1.29 is 10.3 Å². The second-order valence-corrected chi connectivity index (χ2v) is 3.99. The maximum Gasteiger partial charge on any atom is 0.190 e. The summed E-state index contributed by atoms with van der Waals surface area (Å²) in [7, 11) is 0. The molecule has 1 unspecified atom stereocenters. The zero-order valence-corrected chi connectivity index (χ0v) is 9.32. The second-order valence-electron chi connectivity index (χ2n) is 3.99. The van der Waals surface area contributed by atoms with Gasteiger partial charge in [0.25, 0.3) is 0 Å². The van der Waals surface area contributed by atoms with Gasteiger partial charge in [0.05, 0.1) is 18.5 Å². The lowest BCUT2D eigenvalue weighted by atomic mass is 10.1. The summed E-state index contributed by atoms with van der Waals surface area (Å²) >= 11 is 0. The lowest BCUT2D eigenvalue weighted by Crippen LogP contribution is -2.38. The van der Waals surface area contributed by atoms with E-state index in [4.69, 9.17) is 10.9 Å². The molecule has 1 saturated heterocycles. The van der Waals surface area contributed by atoms with Crippen molar-refractivity contribution in [2.24, 2.45) is 10.9 Å². The zero-order chi connectivity index (χ0) is 12.3. The van der Waals surface area contributed by atoms with Crippen LogP contribution in [0.25, 0.3) is 0 Å². The van der Waals surface area contributed by atoms with Crippen molar-refractivity contribution in [3.05, 3.63) is 18.1 Å². The van der Waals surface area contributed by atoms with E-state index in [1.807, 2.05) is 4.90 Å². The molecule has 92 valence electrons. The molecule has 1 aliphatic heterocycles. The molecule has 1 atom stereocenters. The number of aromatic nitrogens is 2. The Morgan fingerprint density at radius 1 is 1.47 bits per heavy atom. The number of anilines is 1. The SMILES string of the molecule is NC(=NO)c1cnc(N2CCCC(O)C2)cn1. The highest BCUT2D eigenvalue weighted by Gasteiger charge is 2.19. The number of nitrogens with zero attached hydrogens (tertiary/aromatic N) is 4. The Morgan fingerprint density at radius 3 is 2.88 bits per heavy atom. The number of oxime groups is 1. The number of aliphatic hydroxyl groups is 1. The van der Waals surface area contributed by atoms with Crippen molar-refractivity contribution in [2.75, 3.05) is 18.0 Å². The van der Waals surface area contributed by atoms with Gasteiger partial charge in [-0.1, -0.05) is 5.16 Å². The molecule has 2 heterocycles. The van der Waals surface area contributed by atoms with E-state index < -0.39 is 0 Å². The molecule has 1 aliphatic rings. The lowest BCUT2D eigenvalue weighted by molar-refractivity contribution is 0.154. The first-order valence-electron chi connectivity index (χ1n) is 5.43. The molecule has 7 nitrogen and oxygen atoms in total. The Balaban J connectivity index is 2.12. The number of nitrogens with two attached hydrogens (primary N) is 1. The van der Waals surface area contributed by atoms with Crippen LogP contribution in [0.4, 0.5) is 5.82 Å². The molecule has 1 fully saturated rings. The zero-order valence-electron chi connectivity index (χ0n) is 9.32. The number of aliphatic hydroxyl groups excluding tert-OH is 1. The second kappa shape index (κ2) is 4.96. The summed E-state index contributed by atoms with van der Waals surface area (Å²) in [5.74, 6) is 0.626. The number of hydrogen-bond acceptors (Lipinski definition) is 6. The molecule has 0 amide bonds. The van der Waals surface area contributed by atoms with Crippen LogP contribution < -0.4 is 10.6 Å². The predicted octanol–water partition coefficient (Wildman–Crippen LogP) is -0.468. The van der Waals surface area contributed by atoms with E-state index in [1.54, 1.807) is 6.20 Å². The van der Waals surface area contributed by atoms with Gasteiger partial charge in [-0.25, -0.2) is 9.97 Å². The van der Waals surface area contributed by atoms with Crippen molar-refractivity contribution in [3.8, 4) is 0 Å². The van der Waals surface area contributed by atoms with Gasteiger partial charge in [-0.2, -0.15) is 0 Å². The number of piperidine rings is 1. The molecular weight excluding hydrogens is 222 g/mol. The molecule has 1 aromatic heterocycles. The first-order chi connectivity index (χ1) is 8.20. The summed E-state index contributed by atoms with van der Waals surface area (Å²) in [4.78, 5) is 10.2. The highest BCUT2D eigenvalue weighted by atomic mass is 16.4. The van der Waals surface area contributed by atoms with Crippen LogP contribution in [0.15, 0.2) is 17.5 Å². The summed E-state index contributed by atoms with van der Waals surface area (Å²) in [6, 6.07) is 0. The van der Waals surface area contributed by atoms with Gasteiger partial charge in [0.1, 0.15) is 11.5 Å². The lowest BCUT2D eigenvalue weighted by Gasteiger charge is -2.30. The average molecular weight is 237 g/mol. The van der Waals surface area contributed by atoms with E-state index >= 15 is 0 Å². The van der Waals surface area contributed by atoms with Crippen molar-refractivity contribution in [1.82, 2.24) is 9.97 Å². The summed E-state index contributed by atoms with van der Waals surface area (Å²) in [6.07, 6.45) is 4.46. The third-order valence-electron chi connectivity index (χ3n) is 2.73. The standard InChI is InChI=1S/C10H15N5O2/c11-10(14-17)8-4-13-9(5-12-8)15-3-1-2-7(16)6-15/h4-5,7,16-17H,1-3,6H2,(H2,11,14). The molecule has 4 N–H and O–H groups in total. The van der Waals surface area contributed by atoms with E-state index in [0.717, 1.165) is 19.4 Å². The fourth-order valence-corrected chi connectivity index (χ4v) is 1.83. The summed E-state index contributed by atoms with van der Waals surface area (Å²) < 4.78 is 0. The number of rotatable bonds is 2. The van der Waals surface area contributed by atoms with Crippen LogP contribution >= 0.6 is 0 Å². The Labute approximate surface area is 98.6 Å². The van der Waals surface area contributed by atoms with Crippen molar-refractivity contribution in [3.63, 3.8) is 0 Å². The smallest absolute Gasteiger partial charge is 0.190 e. The Bertz CT molecular complexity index is 406. The first kappa shape index (κ1) is 11.6. The predicted molar refractivity (Wildman–Crippen MR) is 62.0 cm³/mol. The molecule has 1 aromatic rings. The van der Waals surface area contributed by atoms with Crippen LogP contribution in [0.2, 0.25) is 0 Å². The maximum absolute atomic E-state index is 9.56. The van der Waals surface area contributed by atoms with Crippen molar-refractivity contribution in [1.29, 1.82) is 0 Å². The van der Waals surface area contributed by atoms with E-state index in [2.05, 4.69) is 15.1 Å². The number of hydrogen-bond donors (Lipinski definition) is 3. The van der Waals surface area contributed by atoms with Gasteiger partial charge in [0, 0.05) is 13.1 Å². The van der Waals surface area contributed by atoms with Crippen LogP contribution in [0, 0.1) is 0 Å². The number of amidine groups is 1. The molecule has 0 spiro atoms. The molecule has 0 aliphatic carbocycles. The third-order valence-corrected chi connectivity index (χ3v) is 2.73. The van der Waals surface area contributed by atoms with Crippen LogP contribution in [-0.2, 0) is 0 Å². The van der Waals surface area contributed by atoms with Gasteiger partial charge in [-0.05, 0) is 12.8 Å². The third kappa shape index (κ3) is 2.62. The fraction of sp³-hybridized carbons (Fsp3) is 0.500. The molecular formula is C10H15N5O2. The molecule has 0 radical (unpaired) electrons. The van der Waals surface area contributed by atoms with Crippen molar-refractivity contribution in [2.45, 2.75) is 18.9 Å². The van der Waals surface area contributed by atoms with E-state index in [1.165, 1.54) is 6.20 Å². The molecule has 2 rings (SSSR count). The minimum absolute atomic E-state index is 0.0669. The average Bonchev–Trinajstić information content (AvgIpc) is 2.38. The van der Waals surface area contributed by atoms with Crippen LogP contribution in [0.1, 0.15) is 18.5 Å². The van der Waals surface area contributed by atoms with Crippen molar-refractivity contribution >= 4 is 11.7 Å². The summed E-state index contributed by atoms with van der Waals surface area (Å²) in [5, 5.41) is 20.9.